The molecule has 0 aliphatic rings. The predicted molar refractivity (Wildman–Crippen MR) is 100 cm³/mol. The number of methoxy groups -OCH3 is 2. The highest BCUT2D eigenvalue weighted by molar-refractivity contribution is 6.02. The van der Waals surface area contributed by atoms with E-state index in [1.165, 1.54) is 12.1 Å². The SMILES string of the molecule is COc1ccc(-c2oc3cc(OC)ccc3c2-c2ccc(F)cc2)cc1. The lowest BCUT2D eigenvalue weighted by Crippen LogP contribution is -1.84. The summed E-state index contributed by atoms with van der Waals surface area (Å²) >= 11 is 0. The molecule has 0 unspecified atom stereocenters. The van der Waals surface area contributed by atoms with Gasteiger partial charge >= 0.3 is 0 Å². The lowest BCUT2D eigenvalue weighted by molar-refractivity contribution is 0.414. The maximum absolute atomic E-state index is 13.4. The number of rotatable bonds is 4. The van der Waals surface area contributed by atoms with Crippen LogP contribution in [-0.4, -0.2) is 14.2 Å². The normalized spacial score (nSPS) is 10.9. The zero-order valence-electron chi connectivity index (χ0n) is 14.5. The summed E-state index contributed by atoms with van der Waals surface area (Å²) in [5.74, 6) is 1.95. The Bertz CT molecular complexity index is 1050. The molecule has 0 bridgehead atoms. The Morgan fingerprint density at radius 1 is 0.731 bits per heavy atom. The van der Waals surface area contributed by atoms with Gasteiger partial charge in [-0.05, 0) is 54.1 Å². The van der Waals surface area contributed by atoms with Crippen LogP contribution >= 0.6 is 0 Å². The van der Waals surface area contributed by atoms with Gasteiger partial charge in [-0.3, -0.25) is 0 Å². The average molecular weight is 348 g/mol. The lowest BCUT2D eigenvalue weighted by atomic mass is 9.98. The molecule has 26 heavy (non-hydrogen) atoms. The number of fused-ring (bicyclic) bond motifs is 1. The molecule has 0 amide bonds. The van der Waals surface area contributed by atoms with Crippen molar-refractivity contribution in [1.29, 1.82) is 0 Å². The summed E-state index contributed by atoms with van der Waals surface area (Å²) in [6.45, 7) is 0. The molecule has 0 fully saturated rings. The average Bonchev–Trinajstić information content (AvgIpc) is 3.07. The van der Waals surface area contributed by atoms with E-state index in [1.54, 1.807) is 26.4 Å². The molecule has 4 rings (SSSR count). The van der Waals surface area contributed by atoms with E-state index in [0.29, 0.717) is 0 Å². The Balaban J connectivity index is 1.97. The first-order valence-electron chi connectivity index (χ1n) is 8.20. The fourth-order valence-electron chi connectivity index (χ4n) is 3.05. The van der Waals surface area contributed by atoms with Gasteiger partial charge in [0, 0.05) is 22.6 Å². The van der Waals surface area contributed by atoms with Crippen LogP contribution < -0.4 is 9.47 Å². The molecule has 1 heterocycles. The number of benzene rings is 3. The molecule has 0 aliphatic carbocycles. The first-order chi connectivity index (χ1) is 12.7. The van der Waals surface area contributed by atoms with Gasteiger partial charge in [0.25, 0.3) is 0 Å². The zero-order chi connectivity index (χ0) is 18.1. The first-order valence-corrected chi connectivity index (χ1v) is 8.20. The number of halogens is 1. The van der Waals surface area contributed by atoms with Gasteiger partial charge in [-0.1, -0.05) is 12.1 Å². The molecule has 0 atom stereocenters. The molecule has 130 valence electrons. The molecule has 0 radical (unpaired) electrons. The van der Waals surface area contributed by atoms with Crippen LogP contribution in [0.5, 0.6) is 11.5 Å². The van der Waals surface area contributed by atoms with E-state index in [-0.39, 0.29) is 5.82 Å². The van der Waals surface area contributed by atoms with Crippen LogP contribution in [0.25, 0.3) is 33.4 Å². The van der Waals surface area contributed by atoms with Gasteiger partial charge in [-0.25, -0.2) is 4.39 Å². The summed E-state index contributed by atoms with van der Waals surface area (Å²) < 4.78 is 30.1. The van der Waals surface area contributed by atoms with E-state index in [2.05, 4.69) is 0 Å². The van der Waals surface area contributed by atoms with E-state index in [9.17, 15) is 4.39 Å². The van der Waals surface area contributed by atoms with Crippen LogP contribution in [0.15, 0.2) is 71.1 Å². The maximum atomic E-state index is 13.4. The molecule has 0 saturated carbocycles. The molecule has 0 spiro atoms. The van der Waals surface area contributed by atoms with Gasteiger partial charge < -0.3 is 13.9 Å². The number of hydrogen-bond donors (Lipinski definition) is 0. The zero-order valence-corrected chi connectivity index (χ0v) is 14.5. The summed E-state index contributed by atoms with van der Waals surface area (Å²) in [6.07, 6.45) is 0. The minimum atomic E-state index is -0.269. The Labute approximate surface area is 150 Å². The van der Waals surface area contributed by atoms with Crippen LogP contribution in [0.2, 0.25) is 0 Å². The van der Waals surface area contributed by atoms with Gasteiger partial charge in [-0.2, -0.15) is 0 Å². The maximum Gasteiger partial charge on any atom is 0.143 e. The minimum Gasteiger partial charge on any atom is -0.497 e. The van der Waals surface area contributed by atoms with Crippen LogP contribution in [0.4, 0.5) is 4.39 Å². The van der Waals surface area contributed by atoms with Gasteiger partial charge in [0.1, 0.15) is 28.7 Å². The predicted octanol–water partition coefficient (Wildman–Crippen LogP) is 5.92. The Hall–Kier alpha value is -3.27. The Morgan fingerprint density at radius 3 is 2.00 bits per heavy atom. The van der Waals surface area contributed by atoms with Crippen molar-refractivity contribution in [1.82, 2.24) is 0 Å². The van der Waals surface area contributed by atoms with Gasteiger partial charge in [0.15, 0.2) is 0 Å². The second kappa shape index (κ2) is 6.56. The molecule has 4 aromatic rings. The third kappa shape index (κ3) is 2.80. The highest BCUT2D eigenvalue weighted by atomic mass is 19.1. The summed E-state index contributed by atoms with van der Waals surface area (Å²) in [5.41, 5.74) is 3.45. The topological polar surface area (TPSA) is 31.6 Å². The van der Waals surface area contributed by atoms with Gasteiger partial charge in [0.05, 0.1) is 14.2 Å². The van der Waals surface area contributed by atoms with E-state index in [4.69, 9.17) is 13.9 Å². The van der Waals surface area contributed by atoms with E-state index >= 15 is 0 Å². The van der Waals surface area contributed by atoms with Crippen LogP contribution in [0.1, 0.15) is 0 Å². The fraction of sp³-hybridized carbons (Fsp3) is 0.0909. The number of furan rings is 1. The van der Waals surface area contributed by atoms with E-state index in [1.807, 2.05) is 42.5 Å². The summed E-state index contributed by atoms with van der Waals surface area (Å²) in [4.78, 5) is 0. The molecule has 0 N–H and O–H groups in total. The quantitative estimate of drug-likeness (QED) is 0.458. The molecular weight excluding hydrogens is 331 g/mol. The van der Waals surface area contributed by atoms with E-state index in [0.717, 1.165) is 44.9 Å². The first kappa shape index (κ1) is 16.2. The minimum absolute atomic E-state index is 0.269. The van der Waals surface area contributed by atoms with Crippen molar-refractivity contribution in [2.75, 3.05) is 14.2 Å². The Kier molecular flexibility index (Phi) is 4.09. The van der Waals surface area contributed by atoms with Gasteiger partial charge in [-0.15, -0.1) is 0 Å². The van der Waals surface area contributed by atoms with Crippen molar-refractivity contribution < 1.29 is 18.3 Å². The third-order valence-corrected chi connectivity index (χ3v) is 4.38. The summed E-state index contributed by atoms with van der Waals surface area (Å²) in [6, 6.07) is 19.8. The number of ether oxygens (including phenoxy) is 2. The van der Waals surface area contributed by atoms with Crippen LogP contribution in [0, 0.1) is 5.82 Å². The molecule has 4 heteroatoms. The molecule has 3 aromatic carbocycles. The second-order valence-corrected chi connectivity index (χ2v) is 5.90. The molecule has 0 aliphatic heterocycles. The summed E-state index contributed by atoms with van der Waals surface area (Å²) in [7, 11) is 3.25. The lowest BCUT2D eigenvalue weighted by Gasteiger charge is -2.05. The molecule has 1 aromatic heterocycles. The largest absolute Gasteiger partial charge is 0.497 e. The molecular formula is C22H17FO3. The van der Waals surface area contributed by atoms with Crippen LogP contribution in [-0.2, 0) is 0 Å². The van der Waals surface area contributed by atoms with Crippen LogP contribution in [0.3, 0.4) is 0 Å². The summed E-state index contributed by atoms with van der Waals surface area (Å²) in [5, 5.41) is 0.947. The van der Waals surface area contributed by atoms with Crippen molar-refractivity contribution in [2.45, 2.75) is 0 Å². The van der Waals surface area contributed by atoms with Gasteiger partial charge in [0.2, 0.25) is 0 Å². The number of hydrogen-bond acceptors (Lipinski definition) is 3. The second-order valence-electron chi connectivity index (χ2n) is 5.90. The Morgan fingerprint density at radius 2 is 1.35 bits per heavy atom. The van der Waals surface area contributed by atoms with Crippen molar-refractivity contribution in [3.8, 4) is 33.9 Å². The molecule has 3 nitrogen and oxygen atoms in total. The van der Waals surface area contributed by atoms with E-state index < -0.39 is 0 Å². The smallest absolute Gasteiger partial charge is 0.143 e. The van der Waals surface area contributed by atoms with Crippen molar-refractivity contribution in [3.63, 3.8) is 0 Å². The third-order valence-electron chi connectivity index (χ3n) is 4.38. The standard InChI is InChI=1S/C22H17FO3/c1-24-17-9-5-15(6-10-17)22-21(14-3-7-16(23)8-4-14)19-12-11-18(25-2)13-20(19)26-22/h3-13H,1-2H3. The highest BCUT2D eigenvalue weighted by Crippen LogP contribution is 2.42. The van der Waals surface area contributed by atoms with Crippen molar-refractivity contribution in [2.24, 2.45) is 0 Å². The highest BCUT2D eigenvalue weighted by Gasteiger charge is 2.18. The molecule has 0 saturated heterocycles. The monoisotopic (exact) mass is 348 g/mol. The fourth-order valence-corrected chi connectivity index (χ4v) is 3.05. The van der Waals surface area contributed by atoms with Crippen molar-refractivity contribution >= 4 is 11.0 Å². The van der Waals surface area contributed by atoms with Crippen molar-refractivity contribution in [3.05, 3.63) is 72.5 Å².